The predicted octanol–water partition coefficient (Wildman–Crippen LogP) is -0.226. The van der Waals surface area contributed by atoms with E-state index in [9.17, 15) is 13.2 Å². The molecule has 7 heteroatoms. The molecule has 0 saturated carbocycles. The first-order valence-corrected chi connectivity index (χ1v) is 8.76. The van der Waals surface area contributed by atoms with Crippen LogP contribution in [0.4, 0.5) is 0 Å². The number of hydrogen-bond acceptors (Lipinski definition) is 4. The summed E-state index contributed by atoms with van der Waals surface area (Å²) in [5.74, 6) is 0.311. The van der Waals surface area contributed by atoms with Crippen LogP contribution in [0.3, 0.4) is 0 Å². The molecule has 0 aromatic rings. The minimum absolute atomic E-state index is 0.144. The lowest BCUT2D eigenvalue weighted by molar-refractivity contribution is -0.126. The van der Waals surface area contributed by atoms with Crippen LogP contribution in [0.25, 0.3) is 0 Å². The number of rotatable bonds is 7. The van der Waals surface area contributed by atoms with Crippen molar-refractivity contribution in [3.8, 4) is 0 Å². The number of carbonyl (C=O) groups is 1. The molecular formula is C12H25N3O3S. The molecule has 112 valence electrons. The largest absolute Gasteiger partial charge is 0.356 e. The molecule has 0 aliphatic carbocycles. The van der Waals surface area contributed by atoms with Gasteiger partial charge in [0.05, 0.1) is 6.26 Å². The number of carbonyl (C=O) groups excluding carboxylic acids is 1. The lowest BCUT2D eigenvalue weighted by Gasteiger charge is -2.31. The van der Waals surface area contributed by atoms with Gasteiger partial charge in [0.25, 0.3) is 0 Å². The fourth-order valence-corrected chi connectivity index (χ4v) is 2.81. The van der Waals surface area contributed by atoms with Crippen molar-refractivity contribution in [3.63, 3.8) is 0 Å². The number of hydrogen-bond donors (Lipinski definition) is 2. The molecule has 1 fully saturated rings. The van der Waals surface area contributed by atoms with Crippen LogP contribution < -0.4 is 10.0 Å². The van der Waals surface area contributed by atoms with Crippen LogP contribution in [-0.2, 0) is 14.8 Å². The highest BCUT2D eigenvalue weighted by molar-refractivity contribution is 7.88. The van der Waals surface area contributed by atoms with E-state index < -0.39 is 10.0 Å². The van der Waals surface area contributed by atoms with Gasteiger partial charge in [0.1, 0.15) is 0 Å². The van der Waals surface area contributed by atoms with Gasteiger partial charge in [-0.25, -0.2) is 13.1 Å². The van der Waals surface area contributed by atoms with Gasteiger partial charge in [-0.3, -0.25) is 4.79 Å². The van der Waals surface area contributed by atoms with Crippen LogP contribution in [0.1, 0.15) is 26.2 Å². The van der Waals surface area contributed by atoms with Crippen LogP contribution in [0.2, 0.25) is 0 Å². The third-order valence-corrected chi connectivity index (χ3v) is 4.05. The standard InChI is InChI=1S/C12H25N3O3S/c1-3-13-12(16)11-5-9-15(10-6-11)8-4-7-14-19(2,17)18/h11,14H,3-10H2,1-2H3,(H,13,16). The van der Waals surface area contributed by atoms with Gasteiger partial charge in [-0.15, -0.1) is 0 Å². The van der Waals surface area contributed by atoms with Crippen molar-refractivity contribution in [1.82, 2.24) is 14.9 Å². The highest BCUT2D eigenvalue weighted by atomic mass is 32.2. The highest BCUT2D eigenvalue weighted by Crippen LogP contribution is 2.17. The summed E-state index contributed by atoms with van der Waals surface area (Å²) in [4.78, 5) is 14.0. The number of nitrogens with one attached hydrogen (secondary N) is 2. The van der Waals surface area contributed by atoms with Crippen molar-refractivity contribution >= 4 is 15.9 Å². The molecule has 1 aliphatic heterocycles. The molecule has 6 nitrogen and oxygen atoms in total. The highest BCUT2D eigenvalue weighted by Gasteiger charge is 2.23. The van der Waals surface area contributed by atoms with Crippen LogP contribution in [0, 0.1) is 5.92 Å². The Kier molecular flexibility index (Phi) is 6.74. The maximum absolute atomic E-state index is 11.7. The molecule has 1 amide bonds. The maximum atomic E-state index is 11.7. The smallest absolute Gasteiger partial charge is 0.223 e. The Morgan fingerprint density at radius 2 is 1.95 bits per heavy atom. The second-order valence-electron chi connectivity index (χ2n) is 5.03. The monoisotopic (exact) mass is 291 g/mol. The molecule has 19 heavy (non-hydrogen) atoms. The van der Waals surface area contributed by atoms with Crippen molar-refractivity contribution in [1.29, 1.82) is 0 Å². The van der Waals surface area contributed by atoms with E-state index in [1.165, 1.54) is 6.26 Å². The van der Waals surface area contributed by atoms with Crippen molar-refractivity contribution in [2.24, 2.45) is 5.92 Å². The summed E-state index contributed by atoms with van der Waals surface area (Å²) in [5, 5.41) is 2.86. The summed E-state index contributed by atoms with van der Waals surface area (Å²) >= 11 is 0. The fraction of sp³-hybridized carbons (Fsp3) is 0.917. The average Bonchev–Trinajstić information content (AvgIpc) is 2.34. The topological polar surface area (TPSA) is 78.5 Å². The molecule has 0 spiro atoms. The SMILES string of the molecule is CCNC(=O)C1CCN(CCCNS(C)(=O)=O)CC1. The molecule has 1 aliphatic rings. The van der Waals surface area contributed by atoms with Crippen molar-refractivity contribution in [3.05, 3.63) is 0 Å². The molecule has 0 aromatic carbocycles. The molecule has 1 rings (SSSR count). The molecule has 0 radical (unpaired) electrons. The Morgan fingerprint density at radius 1 is 1.32 bits per heavy atom. The molecule has 0 bridgehead atoms. The van der Waals surface area contributed by atoms with Gasteiger partial charge < -0.3 is 10.2 Å². The second-order valence-corrected chi connectivity index (χ2v) is 6.86. The van der Waals surface area contributed by atoms with Crippen molar-refractivity contribution in [2.75, 3.05) is 39.0 Å². The molecule has 0 atom stereocenters. The molecule has 0 unspecified atom stereocenters. The van der Waals surface area contributed by atoms with Crippen LogP contribution in [-0.4, -0.2) is 58.2 Å². The summed E-state index contributed by atoms with van der Waals surface area (Å²) < 4.78 is 24.3. The first-order chi connectivity index (χ1) is 8.92. The Morgan fingerprint density at radius 3 is 2.47 bits per heavy atom. The van der Waals surface area contributed by atoms with Gasteiger partial charge >= 0.3 is 0 Å². The van der Waals surface area contributed by atoms with Crippen LogP contribution in [0.15, 0.2) is 0 Å². The summed E-state index contributed by atoms with van der Waals surface area (Å²) in [5.41, 5.74) is 0. The van der Waals surface area contributed by atoms with Gasteiger partial charge in [-0.2, -0.15) is 0 Å². The molecule has 1 heterocycles. The van der Waals surface area contributed by atoms with E-state index in [2.05, 4.69) is 14.9 Å². The summed E-state index contributed by atoms with van der Waals surface area (Å²) in [6.45, 7) is 5.82. The van der Waals surface area contributed by atoms with E-state index in [-0.39, 0.29) is 11.8 Å². The molecule has 2 N–H and O–H groups in total. The van der Waals surface area contributed by atoms with E-state index in [1.807, 2.05) is 6.92 Å². The number of piperidine rings is 1. The van der Waals surface area contributed by atoms with Gasteiger partial charge in [0.2, 0.25) is 15.9 Å². The van der Waals surface area contributed by atoms with Crippen LogP contribution in [0.5, 0.6) is 0 Å². The van der Waals surface area contributed by atoms with Gasteiger partial charge in [0.15, 0.2) is 0 Å². The second kappa shape index (κ2) is 7.81. The van der Waals surface area contributed by atoms with Gasteiger partial charge in [-0.05, 0) is 45.8 Å². The summed E-state index contributed by atoms with van der Waals surface area (Å²) in [6.07, 6.45) is 3.76. The fourth-order valence-electron chi connectivity index (χ4n) is 2.30. The first-order valence-electron chi connectivity index (χ1n) is 6.87. The van der Waals surface area contributed by atoms with E-state index in [1.54, 1.807) is 0 Å². The minimum Gasteiger partial charge on any atom is -0.356 e. The summed E-state index contributed by atoms with van der Waals surface area (Å²) in [7, 11) is -3.07. The zero-order chi connectivity index (χ0) is 14.3. The van der Waals surface area contributed by atoms with Crippen molar-refractivity contribution < 1.29 is 13.2 Å². The molecule has 1 saturated heterocycles. The zero-order valence-corrected chi connectivity index (χ0v) is 12.6. The average molecular weight is 291 g/mol. The van der Waals surface area contributed by atoms with E-state index >= 15 is 0 Å². The Bertz CT molecular complexity index is 376. The lowest BCUT2D eigenvalue weighted by Crippen LogP contribution is -2.41. The predicted molar refractivity (Wildman–Crippen MR) is 75.3 cm³/mol. The Hall–Kier alpha value is -0.660. The normalized spacial score (nSPS) is 18.4. The number of nitrogens with zero attached hydrogens (tertiary/aromatic N) is 1. The first kappa shape index (κ1) is 16.4. The lowest BCUT2D eigenvalue weighted by atomic mass is 9.96. The van der Waals surface area contributed by atoms with E-state index in [0.717, 1.165) is 38.9 Å². The molecular weight excluding hydrogens is 266 g/mol. The number of amides is 1. The summed E-state index contributed by atoms with van der Waals surface area (Å²) in [6, 6.07) is 0. The maximum Gasteiger partial charge on any atom is 0.223 e. The Balaban J connectivity index is 2.15. The van der Waals surface area contributed by atoms with Crippen LogP contribution >= 0.6 is 0 Å². The van der Waals surface area contributed by atoms with E-state index in [0.29, 0.717) is 13.1 Å². The van der Waals surface area contributed by atoms with Crippen molar-refractivity contribution in [2.45, 2.75) is 26.2 Å². The van der Waals surface area contributed by atoms with Gasteiger partial charge in [0, 0.05) is 19.0 Å². The van der Waals surface area contributed by atoms with Gasteiger partial charge in [-0.1, -0.05) is 0 Å². The van der Waals surface area contributed by atoms with E-state index in [4.69, 9.17) is 0 Å². The Labute approximate surface area is 116 Å². The molecule has 0 aromatic heterocycles. The third kappa shape index (κ3) is 6.89. The number of sulfonamides is 1. The minimum atomic E-state index is -3.07. The third-order valence-electron chi connectivity index (χ3n) is 3.32. The zero-order valence-electron chi connectivity index (χ0n) is 11.8. The number of likely N-dealkylation sites (tertiary alicyclic amines) is 1. The quantitative estimate of drug-likeness (QED) is 0.635.